The maximum atomic E-state index is 12.4. The molecule has 0 unspecified atom stereocenters. The molecule has 26 heavy (non-hydrogen) atoms. The molecule has 1 amide bonds. The number of benzene rings is 2. The lowest BCUT2D eigenvalue weighted by atomic mass is 9.98. The first kappa shape index (κ1) is 16.1. The van der Waals surface area contributed by atoms with Crippen molar-refractivity contribution >= 4 is 17.7 Å². The third-order valence-electron chi connectivity index (χ3n) is 4.61. The number of aromatic nitrogens is 1. The topological polar surface area (TPSA) is 51.1 Å². The normalized spacial score (nSPS) is 12.0. The second kappa shape index (κ2) is 6.48. The standard InChI is InChI=1S/C22H18N2O2/c1-24-14-20(18-8-5-9-19(18)22(24)26)15-10-12-16(13-11-15)21(25)23-17-6-3-2-4-7-17/h2-8,10-14H,9H2,1H3,(H,23,25). The van der Waals surface area contributed by atoms with Gasteiger partial charge in [0, 0.05) is 35.6 Å². The Hall–Kier alpha value is -3.40. The summed E-state index contributed by atoms with van der Waals surface area (Å²) in [4.78, 5) is 24.6. The monoisotopic (exact) mass is 342 g/mol. The van der Waals surface area contributed by atoms with Crippen molar-refractivity contribution in [3.8, 4) is 11.1 Å². The van der Waals surface area contributed by atoms with E-state index in [9.17, 15) is 9.59 Å². The van der Waals surface area contributed by atoms with Crippen LogP contribution in [0.3, 0.4) is 0 Å². The van der Waals surface area contributed by atoms with Gasteiger partial charge >= 0.3 is 0 Å². The molecule has 0 radical (unpaired) electrons. The average Bonchev–Trinajstić information content (AvgIpc) is 3.16. The highest BCUT2D eigenvalue weighted by Crippen LogP contribution is 2.29. The first-order chi connectivity index (χ1) is 12.6. The molecule has 0 spiro atoms. The Morgan fingerprint density at radius 3 is 2.50 bits per heavy atom. The number of para-hydroxylation sites is 1. The quantitative estimate of drug-likeness (QED) is 0.785. The number of pyridine rings is 1. The van der Waals surface area contributed by atoms with Crippen LogP contribution in [0.4, 0.5) is 5.69 Å². The van der Waals surface area contributed by atoms with Crippen molar-refractivity contribution in [2.24, 2.45) is 7.05 Å². The zero-order valence-corrected chi connectivity index (χ0v) is 14.4. The van der Waals surface area contributed by atoms with Crippen LogP contribution in [0.1, 0.15) is 21.5 Å². The van der Waals surface area contributed by atoms with Gasteiger partial charge in [-0.25, -0.2) is 0 Å². The number of nitrogens with zero attached hydrogens (tertiary/aromatic N) is 1. The number of nitrogens with one attached hydrogen (secondary N) is 1. The molecular weight excluding hydrogens is 324 g/mol. The van der Waals surface area contributed by atoms with Crippen molar-refractivity contribution in [2.75, 3.05) is 5.32 Å². The number of rotatable bonds is 3. The lowest BCUT2D eigenvalue weighted by Crippen LogP contribution is -2.21. The summed E-state index contributed by atoms with van der Waals surface area (Å²) in [5.74, 6) is -0.145. The summed E-state index contributed by atoms with van der Waals surface area (Å²) in [6, 6.07) is 16.8. The van der Waals surface area contributed by atoms with Crippen LogP contribution in [0.15, 0.2) is 71.7 Å². The Labute approximate surface area is 151 Å². The molecule has 4 heteroatoms. The number of allylic oxidation sites excluding steroid dienone is 1. The molecule has 1 aliphatic carbocycles. The van der Waals surface area contributed by atoms with E-state index in [2.05, 4.69) is 5.32 Å². The van der Waals surface area contributed by atoms with Gasteiger partial charge < -0.3 is 9.88 Å². The van der Waals surface area contributed by atoms with E-state index in [1.807, 2.05) is 72.9 Å². The first-order valence-electron chi connectivity index (χ1n) is 8.49. The first-order valence-corrected chi connectivity index (χ1v) is 8.49. The Balaban J connectivity index is 1.64. The van der Waals surface area contributed by atoms with E-state index in [4.69, 9.17) is 0 Å². The lowest BCUT2D eigenvalue weighted by Gasteiger charge is -2.11. The summed E-state index contributed by atoms with van der Waals surface area (Å²) in [5.41, 5.74) is 5.21. The van der Waals surface area contributed by atoms with Crippen molar-refractivity contribution < 1.29 is 4.79 Å². The lowest BCUT2D eigenvalue weighted by molar-refractivity contribution is 0.102. The van der Waals surface area contributed by atoms with Crippen molar-refractivity contribution in [2.45, 2.75) is 6.42 Å². The van der Waals surface area contributed by atoms with Gasteiger partial charge in [0.25, 0.3) is 11.5 Å². The average molecular weight is 342 g/mol. The minimum absolute atomic E-state index is 0.0487. The zero-order valence-electron chi connectivity index (χ0n) is 14.4. The molecule has 0 atom stereocenters. The fourth-order valence-corrected chi connectivity index (χ4v) is 3.25. The summed E-state index contributed by atoms with van der Waals surface area (Å²) in [6.45, 7) is 0. The molecule has 2 aromatic carbocycles. The second-order valence-electron chi connectivity index (χ2n) is 6.36. The minimum atomic E-state index is -0.145. The Kier molecular flexibility index (Phi) is 4.01. The Morgan fingerprint density at radius 1 is 1.04 bits per heavy atom. The summed E-state index contributed by atoms with van der Waals surface area (Å²) >= 11 is 0. The molecule has 0 aliphatic heterocycles. The highest BCUT2D eigenvalue weighted by atomic mass is 16.1. The molecule has 4 rings (SSSR count). The van der Waals surface area contributed by atoms with Crippen LogP contribution in [-0.2, 0) is 13.5 Å². The fraction of sp³-hybridized carbons (Fsp3) is 0.0909. The summed E-state index contributed by atoms with van der Waals surface area (Å²) in [5, 5.41) is 2.88. The smallest absolute Gasteiger partial charge is 0.255 e. The molecule has 128 valence electrons. The van der Waals surface area contributed by atoms with Crippen LogP contribution >= 0.6 is 0 Å². The van der Waals surface area contributed by atoms with Crippen molar-refractivity contribution in [1.82, 2.24) is 4.57 Å². The molecule has 0 fully saturated rings. The molecule has 4 nitrogen and oxygen atoms in total. The van der Waals surface area contributed by atoms with Crippen LogP contribution in [0.5, 0.6) is 0 Å². The van der Waals surface area contributed by atoms with E-state index < -0.39 is 0 Å². The SMILES string of the molecule is Cn1cc(-c2ccc(C(=O)Nc3ccccc3)cc2)c2c(c1=O)CC=C2. The number of hydrogen-bond donors (Lipinski definition) is 1. The molecule has 0 bridgehead atoms. The van der Waals surface area contributed by atoms with Crippen molar-refractivity contribution in [3.63, 3.8) is 0 Å². The van der Waals surface area contributed by atoms with Crippen molar-refractivity contribution in [1.29, 1.82) is 0 Å². The fourth-order valence-electron chi connectivity index (χ4n) is 3.25. The van der Waals surface area contributed by atoms with Gasteiger partial charge in [0.2, 0.25) is 0 Å². The largest absolute Gasteiger partial charge is 0.322 e. The molecule has 1 heterocycles. The third kappa shape index (κ3) is 2.86. The van der Waals surface area contributed by atoms with Crippen molar-refractivity contribution in [3.05, 3.63) is 93.9 Å². The maximum absolute atomic E-state index is 12.4. The van der Waals surface area contributed by atoms with E-state index in [0.717, 1.165) is 27.9 Å². The van der Waals surface area contributed by atoms with E-state index in [0.29, 0.717) is 12.0 Å². The molecule has 0 saturated heterocycles. The summed E-state index contributed by atoms with van der Waals surface area (Å²) in [6.07, 6.45) is 6.54. The number of hydrogen-bond acceptors (Lipinski definition) is 2. The Bertz CT molecular complexity index is 1060. The molecule has 1 N–H and O–H groups in total. The molecule has 1 aliphatic rings. The predicted molar refractivity (Wildman–Crippen MR) is 104 cm³/mol. The van der Waals surface area contributed by atoms with Gasteiger partial charge in [0.05, 0.1) is 0 Å². The van der Waals surface area contributed by atoms with Crippen LogP contribution in [-0.4, -0.2) is 10.5 Å². The van der Waals surface area contributed by atoms with E-state index >= 15 is 0 Å². The van der Waals surface area contributed by atoms with Crippen LogP contribution in [0.25, 0.3) is 17.2 Å². The van der Waals surface area contributed by atoms with Gasteiger partial charge in [-0.05, 0) is 41.8 Å². The number of amides is 1. The van der Waals surface area contributed by atoms with E-state index in [1.165, 1.54) is 0 Å². The van der Waals surface area contributed by atoms with E-state index in [-0.39, 0.29) is 11.5 Å². The third-order valence-corrected chi connectivity index (χ3v) is 4.61. The van der Waals surface area contributed by atoms with Crippen LogP contribution < -0.4 is 10.9 Å². The van der Waals surface area contributed by atoms with E-state index in [1.54, 1.807) is 11.6 Å². The van der Waals surface area contributed by atoms with Gasteiger partial charge in [-0.3, -0.25) is 9.59 Å². The molecule has 0 saturated carbocycles. The highest BCUT2D eigenvalue weighted by molar-refractivity contribution is 6.04. The van der Waals surface area contributed by atoms with Gasteiger partial charge in [-0.15, -0.1) is 0 Å². The number of fused-ring (bicyclic) bond motifs is 1. The van der Waals surface area contributed by atoms with Gasteiger partial charge in [-0.1, -0.05) is 42.5 Å². The number of aryl methyl sites for hydroxylation is 1. The summed E-state index contributed by atoms with van der Waals surface area (Å²) in [7, 11) is 1.77. The predicted octanol–water partition coefficient (Wildman–Crippen LogP) is 3.87. The van der Waals surface area contributed by atoms with Gasteiger partial charge in [0.15, 0.2) is 0 Å². The summed E-state index contributed by atoms with van der Waals surface area (Å²) < 4.78 is 1.62. The van der Waals surface area contributed by atoms with Gasteiger partial charge in [-0.2, -0.15) is 0 Å². The minimum Gasteiger partial charge on any atom is -0.322 e. The highest BCUT2D eigenvalue weighted by Gasteiger charge is 2.17. The number of carbonyl (C=O) groups excluding carboxylic acids is 1. The van der Waals surface area contributed by atoms with Crippen LogP contribution in [0, 0.1) is 0 Å². The molecule has 3 aromatic rings. The number of anilines is 1. The van der Waals surface area contributed by atoms with Gasteiger partial charge in [0.1, 0.15) is 0 Å². The molecule has 1 aromatic heterocycles. The maximum Gasteiger partial charge on any atom is 0.255 e. The number of carbonyl (C=O) groups is 1. The van der Waals surface area contributed by atoms with Crippen LogP contribution in [0.2, 0.25) is 0 Å². The molecular formula is C22H18N2O2. The zero-order chi connectivity index (χ0) is 18.1. The Morgan fingerprint density at radius 2 is 1.77 bits per heavy atom. The second-order valence-corrected chi connectivity index (χ2v) is 6.36.